The second-order valence-corrected chi connectivity index (χ2v) is 4.72. The first-order valence-electron chi connectivity index (χ1n) is 3.38. The van der Waals surface area contributed by atoms with E-state index in [0.29, 0.717) is 13.1 Å². The van der Waals surface area contributed by atoms with Gasteiger partial charge in [-0.15, -0.1) is 0 Å². The van der Waals surface area contributed by atoms with Crippen molar-refractivity contribution in [2.75, 3.05) is 27.2 Å². The third-order valence-electron chi connectivity index (χ3n) is 1.57. The quantitative estimate of drug-likeness (QED) is 0.540. The Kier molecular flexibility index (Phi) is 2.31. The van der Waals surface area contributed by atoms with E-state index in [4.69, 9.17) is 0 Å². The summed E-state index contributed by atoms with van der Waals surface area (Å²) in [6, 6.07) is 0. The van der Waals surface area contributed by atoms with Crippen molar-refractivity contribution in [3.05, 3.63) is 12.2 Å². The fourth-order valence-electron chi connectivity index (χ4n) is 0.878. The molecule has 64 valence electrons. The highest BCUT2D eigenvalue weighted by Crippen LogP contribution is 2.08. The van der Waals surface area contributed by atoms with Gasteiger partial charge in [-0.25, -0.2) is 0 Å². The van der Waals surface area contributed by atoms with Crippen LogP contribution in [0.5, 0.6) is 0 Å². The van der Waals surface area contributed by atoms with Crippen LogP contribution in [0.2, 0.25) is 0 Å². The van der Waals surface area contributed by atoms with E-state index in [-0.39, 0.29) is 0 Å². The smallest absolute Gasteiger partial charge is 0.195 e. The third-order valence-corrected chi connectivity index (χ3v) is 3.45. The van der Waals surface area contributed by atoms with E-state index in [2.05, 4.69) is 0 Å². The third kappa shape index (κ3) is 1.61. The zero-order chi connectivity index (χ0) is 8.48. The summed E-state index contributed by atoms with van der Waals surface area (Å²) in [7, 11) is -0.102. The largest absolute Gasteiger partial charge is 0.282 e. The van der Waals surface area contributed by atoms with Crippen LogP contribution in [0.4, 0.5) is 0 Å². The van der Waals surface area contributed by atoms with Crippen molar-refractivity contribution in [3.63, 3.8) is 0 Å². The molecule has 1 heterocycles. The van der Waals surface area contributed by atoms with Gasteiger partial charge in [0.2, 0.25) is 0 Å². The molecule has 1 aliphatic heterocycles. The fourth-order valence-corrected chi connectivity index (χ4v) is 1.89. The van der Waals surface area contributed by atoms with Crippen LogP contribution in [0.15, 0.2) is 12.2 Å². The summed E-state index contributed by atoms with van der Waals surface area (Å²) >= 11 is 0. The van der Waals surface area contributed by atoms with Crippen LogP contribution < -0.4 is 0 Å². The average molecular weight is 176 g/mol. The van der Waals surface area contributed by atoms with Gasteiger partial charge in [0, 0.05) is 27.2 Å². The predicted molar refractivity (Wildman–Crippen MR) is 43.3 cm³/mol. The summed E-state index contributed by atoms with van der Waals surface area (Å²) in [5.74, 6) is 0. The van der Waals surface area contributed by atoms with Gasteiger partial charge in [0.1, 0.15) is 0 Å². The zero-order valence-corrected chi connectivity index (χ0v) is 7.50. The Labute approximate surface area is 67.3 Å². The van der Waals surface area contributed by atoms with Gasteiger partial charge in [-0.3, -0.25) is 0 Å². The first-order valence-corrected chi connectivity index (χ1v) is 4.77. The second kappa shape index (κ2) is 2.92. The van der Waals surface area contributed by atoms with Gasteiger partial charge in [0.15, 0.2) is 0 Å². The van der Waals surface area contributed by atoms with Gasteiger partial charge >= 0.3 is 0 Å². The van der Waals surface area contributed by atoms with Crippen molar-refractivity contribution in [1.82, 2.24) is 8.61 Å². The van der Waals surface area contributed by atoms with E-state index in [0.717, 1.165) is 0 Å². The van der Waals surface area contributed by atoms with Crippen molar-refractivity contribution < 1.29 is 8.42 Å². The molecule has 0 radical (unpaired) electrons. The lowest BCUT2D eigenvalue weighted by molar-refractivity contribution is 0.429. The maximum Gasteiger partial charge on any atom is 0.282 e. The highest BCUT2D eigenvalue weighted by molar-refractivity contribution is 7.86. The summed E-state index contributed by atoms with van der Waals surface area (Å²) in [6.07, 6.45) is 3.70. The molecular weight excluding hydrogens is 164 g/mol. The molecule has 0 aromatic heterocycles. The van der Waals surface area contributed by atoms with Crippen molar-refractivity contribution in [2.24, 2.45) is 0 Å². The van der Waals surface area contributed by atoms with E-state index in [1.54, 1.807) is 0 Å². The number of hydrogen-bond donors (Lipinski definition) is 0. The molecule has 0 aromatic rings. The summed E-state index contributed by atoms with van der Waals surface area (Å²) in [6.45, 7) is 1.00. The summed E-state index contributed by atoms with van der Waals surface area (Å²) < 4.78 is 25.3. The van der Waals surface area contributed by atoms with Crippen LogP contribution >= 0.6 is 0 Å². The number of rotatable bonds is 2. The maximum atomic E-state index is 11.3. The minimum absolute atomic E-state index is 0.501. The molecule has 0 atom stereocenters. The SMILES string of the molecule is CN(C)S(=O)(=O)N1CC=CC1. The molecule has 4 nitrogen and oxygen atoms in total. The molecule has 0 spiro atoms. The van der Waals surface area contributed by atoms with Crippen LogP contribution in [-0.4, -0.2) is 44.2 Å². The topological polar surface area (TPSA) is 40.6 Å². The summed E-state index contributed by atoms with van der Waals surface area (Å²) in [5.41, 5.74) is 0. The van der Waals surface area contributed by atoms with E-state index in [1.165, 1.54) is 22.7 Å². The minimum atomic E-state index is -3.17. The van der Waals surface area contributed by atoms with Crippen molar-refractivity contribution >= 4 is 10.2 Å². The van der Waals surface area contributed by atoms with Gasteiger partial charge in [-0.05, 0) is 0 Å². The Morgan fingerprint density at radius 1 is 1.27 bits per heavy atom. The van der Waals surface area contributed by atoms with Crippen LogP contribution in [0.3, 0.4) is 0 Å². The van der Waals surface area contributed by atoms with E-state index < -0.39 is 10.2 Å². The van der Waals surface area contributed by atoms with Crippen LogP contribution in [0.1, 0.15) is 0 Å². The number of hydrogen-bond acceptors (Lipinski definition) is 2. The molecule has 0 unspecified atom stereocenters. The average Bonchev–Trinajstić information content (AvgIpc) is 2.37. The van der Waals surface area contributed by atoms with Crippen molar-refractivity contribution in [2.45, 2.75) is 0 Å². The number of nitrogens with zero attached hydrogens (tertiary/aromatic N) is 2. The summed E-state index contributed by atoms with van der Waals surface area (Å²) in [5, 5.41) is 0. The Balaban J connectivity index is 2.74. The predicted octanol–water partition coefficient (Wildman–Crippen LogP) is -0.335. The molecular formula is C6H12N2O2S. The second-order valence-electron chi connectivity index (χ2n) is 2.58. The zero-order valence-electron chi connectivity index (χ0n) is 6.69. The first kappa shape index (κ1) is 8.70. The maximum absolute atomic E-state index is 11.3. The van der Waals surface area contributed by atoms with E-state index in [1.807, 2.05) is 12.2 Å². The molecule has 1 aliphatic rings. The lowest BCUT2D eigenvalue weighted by Gasteiger charge is -2.19. The van der Waals surface area contributed by atoms with Crippen LogP contribution in [-0.2, 0) is 10.2 Å². The van der Waals surface area contributed by atoms with E-state index in [9.17, 15) is 8.42 Å². The Morgan fingerprint density at radius 2 is 1.73 bits per heavy atom. The van der Waals surface area contributed by atoms with Crippen molar-refractivity contribution in [1.29, 1.82) is 0 Å². The summed E-state index contributed by atoms with van der Waals surface area (Å²) in [4.78, 5) is 0. The monoisotopic (exact) mass is 176 g/mol. The van der Waals surface area contributed by atoms with Gasteiger partial charge < -0.3 is 0 Å². The van der Waals surface area contributed by atoms with Crippen LogP contribution in [0.25, 0.3) is 0 Å². The van der Waals surface area contributed by atoms with E-state index >= 15 is 0 Å². The lowest BCUT2D eigenvalue weighted by Crippen LogP contribution is -2.38. The highest BCUT2D eigenvalue weighted by Gasteiger charge is 2.24. The lowest BCUT2D eigenvalue weighted by atomic mass is 10.6. The molecule has 0 fully saturated rings. The molecule has 0 N–H and O–H groups in total. The van der Waals surface area contributed by atoms with Crippen molar-refractivity contribution in [3.8, 4) is 0 Å². The van der Waals surface area contributed by atoms with Gasteiger partial charge in [0.05, 0.1) is 0 Å². The fraction of sp³-hybridized carbons (Fsp3) is 0.667. The molecule has 1 rings (SSSR count). The minimum Gasteiger partial charge on any atom is -0.195 e. The molecule has 5 heteroatoms. The Hall–Kier alpha value is -0.390. The molecule has 0 aromatic carbocycles. The molecule has 0 saturated heterocycles. The highest BCUT2D eigenvalue weighted by atomic mass is 32.2. The standard InChI is InChI=1S/C6H12N2O2S/c1-7(2)11(9,10)8-5-3-4-6-8/h3-4H,5-6H2,1-2H3. The van der Waals surface area contributed by atoms with Crippen LogP contribution in [0, 0.1) is 0 Å². The molecule has 11 heavy (non-hydrogen) atoms. The Morgan fingerprint density at radius 3 is 2.09 bits per heavy atom. The molecule has 0 saturated carbocycles. The van der Waals surface area contributed by atoms with Gasteiger partial charge in [0.25, 0.3) is 10.2 Å². The Bertz CT molecular complexity index is 248. The first-order chi connectivity index (χ1) is 5.05. The molecule has 0 aliphatic carbocycles. The molecule has 0 amide bonds. The normalized spacial score (nSPS) is 19.9. The van der Waals surface area contributed by atoms with Gasteiger partial charge in [-0.2, -0.15) is 17.0 Å². The molecule has 0 bridgehead atoms. The van der Waals surface area contributed by atoms with Gasteiger partial charge in [-0.1, -0.05) is 12.2 Å².